The predicted octanol–water partition coefficient (Wildman–Crippen LogP) is 3.69. The highest BCUT2D eigenvalue weighted by atomic mass is 32.2. The van der Waals surface area contributed by atoms with E-state index in [1.54, 1.807) is 65.2 Å². The maximum Gasteiger partial charge on any atom is 0.341 e. The van der Waals surface area contributed by atoms with Crippen molar-refractivity contribution in [2.75, 3.05) is 73.6 Å². The van der Waals surface area contributed by atoms with Crippen molar-refractivity contribution in [3.63, 3.8) is 0 Å². The van der Waals surface area contributed by atoms with Gasteiger partial charge in [-0.1, -0.05) is 33.8 Å². The number of hydrogen-bond acceptors (Lipinski definition) is 21. The van der Waals surface area contributed by atoms with E-state index in [0.717, 1.165) is 5.56 Å². The van der Waals surface area contributed by atoms with Crippen molar-refractivity contribution >= 4 is 38.7 Å². The molecule has 1 aromatic carbocycles. The van der Waals surface area contributed by atoms with E-state index in [2.05, 4.69) is 5.32 Å². The lowest BCUT2D eigenvalue weighted by Gasteiger charge is -2.50. The van der Waals surface area contributed by atoms with E-state index in [1.165, 1.54) is 34.3 Å². The van der Waals surface area contributed by atoms with Crippen LogP contribution in [0.15, 0.2) is 29.2 Å². The first-order valence-corrected chi connectivity index (χ1v) is 30.4. The number of carboxylic acids is 1. The van der Waals surface area contributed by atoms with E-state index in [0.29, 0.717) is 43.4 Å². The third kappa shape index (κ3) is 16.7. The standard InChI is InChI=1S/C58H95N3O20S/c1-16-44-58(11,69)50(65)35(5)46(62)33(3)30-56(9,72-14)51(80-55-48(64)43(60(12)13)28-34(4)76-55)36(6)49(37(7)54(68)78-44)79-45-31-57(10,73-15)52(38(8)77-45)81-82(70,71)27-22-59-21-24-75-26-25-74-23-20-39-18-19-42-40(29-39)47(63)41(53(66)67)32-61(42)17-2/h18-19,29,32-38,43-45,48-52,55,59,64-65,69H,16-17,20-28,30-31H2,1-15H3,(H,66,67)/t33-,34-,35+,36+,37+,38-,43+,44-,45+,48+,49+,50-,51-,52+,55+,56+,57-,58+/m0/s1. The second-order valence-electron chi connectivity index (χ2n) is 23.5. The van der Waals surface area contributed by atoms with Gasteiger partial charge in [0.2, 0.25) is 5.43 Å². The molecule has 0 saturated carbocycles. The van der Waals surface area contributed by atoms with Crippen LogP contribution in [-0.4, -0.2) is 214 Å². The lowest BCUT2D eigenvalue weighted by atomic mass is 9.74. The van der Waals surface area contributed by atoms with Crippen LogP contribution in [0.4, 0.5) is 0 Å². The van der Waals surface area contributed by atoms with Crippen molar-refractivity contribution in [2.45, 2.75) is 199 Å². The van der Waals surface area contributed by atoms with E-state index in [1.807, 2.05) is 38.9 Å². The van der Waals surface area contributed by atoms with Gasteiger partial charge in [0, 0.05) is 75.7 Å². The fraction of sp³-hybridized carbons (Fsp3) is 0.793. The third-order valence-electron chi connectivity index (χ3n) is 17.1. The van der Waals surface area contributed by atoms with Gasteiger partial charge in [0.15, 0.2) is 12.6 Å². The molecule has 0 radical (unpaired) electrons. The number of Topliss-reactive ketones (excluding diaryl/α,β-unsaturated/α-hetero) is 1. The first kappa shape index (κ1) is 69.2. The smallest absolute Gasteiger partial charge is 0.341 e. The summed E-state index contributed by atoms with van der Waals surface area (Å²) in [6, 6.07) is 5.03. The third-order valence-corrected chi connectivity index (χ3v) is 18.3. The largest absolute Gasteiger partial charge is 0.477 e. The molecule has 0 aliphatic carbocycles. The molecule has 4 heterocycles. The molecule has 0 spiro atoms. The summed E-state index contributed by atoms with van der Waals surface area (Å²) in [4.78, 5) is 55.2. The zero-order chi connectivity index (χ0) is 61.2. The van der Waals surface area contributed by atoms with Gasteiger partial charge in [-0.25, -0.2) is 4.79 Å². The monoisotopic (exact) mass is 1190 g/mol. The number of methoxy groups -OCH3 is 2. The number of ether oxygens (including phenoxy) is 9. The maximum atomic E-state index is 14.6. The number of aryl methyl sites for hydroxylation is 1. The van der Waals surface area contributed by atoms with Crippen LogP contribution >= 0.6 is 0 Å². The molecule has 24 heteroatoms. The van der Waals surface area contributed by atoms with Gasteiger partial charge < -0.3 is 77.8 Å². The Morgan fingerprint density at radius 1 is 0.866 bits per heavy atom. The van der Waals surface area contributed by atoms with Gasteiger partial charge in [-0.2, -0.15) is 8.42 Å². The number of cyclic esters (lactones) is 1. The van der Waals surface area contributed by atoms with Crippen molar-refractivity contribution in [2.24, 2.45) is 23.7 Å². The Balaban J connectivity index is 1.25. The number of carbonyl (C=O) groups is 3. The Morgan fingerprint density at radius 2 is 1.51 bits per heavy atom. The van der Waals surface area contributed by atoms with Crippen LogP contribution in [-0.2, 0) is 79.5 Å². The molecule has 3 aliphatic rings. The fourth-order valence-corrected chi connectivity index (χ4v) is 13.1. The second kappa shape index (κ2) is 29.7. The first-order valence-electron chi connectivity index (χ1n) is 28.8. The highest BCUT2D eigenvalue weighted by Crippen LogP contribution is 2.42. The molecule has 5 N–H and O–H groups in total. The van der Waals surface area contributed by atoms with Gasteiger partial charge in [0.25, 0.3) is 10.1 Å². The number of nitrogens with zero attached hydrogens (tertiary/aromatic N) is 2. The number of aromatic nitrogens is 1. The maximum absolute atomic E-state index is 14.6. The van der Waals surface area contributed by atoms with Crippen LogP contribution < -0.4 is 10.7 Å². The number of ketones is 1. The van der Waals surface area contributed by atoms with Gasteiger partial charge in [0.05, 0.1) is 85.3 Å². The van der Waals surface area contributed by atoms with Crippen LogP contribution in [0.2, 0.25) is 0 Å². The molecule has 82 heavy (non-hydrogen) atoms. The molecule has 0 unspecified atom stereocenters. The number of aliphatic hydroxyl groups excluding tert-OH is 2. The summed E-state index contributed by atoms with van der Waals surface area (Å²) in [5.74, 6) is -6.69. The Hall–Kier alpha value is -3.57. The minimum absolute atomic E-state index is 0.0316. The number of nitrogens with one attached hydrogen (secondary N) is 1. The zero-order valence-electron chi connectivity index (χ0n) is 50.8. The summed E-state index contributed by atoms with van der Waals surface area (Å²) in [5, 5.41) is 48.2. The minimum Gasteiger partial charge on any atom is -0.477 e. The van der Waals surface area contributed by atoms with Crippen molar-refractivity contribution in [1.82, 2.24) is 14.8 Å². The van der Waals surface area contributed by atoms with Crippen LogP contribution in [0.5, 0.6) is 0 Å². The molecule has 3 saturated heterocycles. The number of aliphatic hydroxyl groups is 3. The number of carbonyl (C=O) groups excluding carboxylic acids is 2. The van der Waals surface area contributed by atoms with Gasteiger partial charge in [-0.15, -0.1) is 0 Å². The number of esters is 1. The van der Waals surface area contributed by atoms with Crippen LogP contribution in [0.3, 0.4) is 0 Å². The number of aromatic carboxylic acids is 1. The summed E-state index contributed by atoms with van der Waals surface area (Å²) in [6.45, 7) is 20.5. The van der Waals surface area contributed by atoms with Gasteiger partial charge in [-0.3, -0.25) is 18.6 Å². The van der Waals surface area contributed by atoms with Gasteiger partial charge >= 0.3 is 11.9 Å². The van der Waals surface area contributed by atoms with E-state index in [4.69, 9.17) is 46.8 Å². The molecule has 0 amide bonds. The molecule has 0 bridgehead atoms. The quantitative estimate of drug-likeness (QED) is 0.0569. The lowest BCUT2D eigenvalue weighted by molar-refractivity contribution is -0.317. The Morgan fingerprint density at radius 3 is 2.12 bits per heavy atom. The highest BCUT2D eigenvalue weighted by molar-refractivity contribution is 7.86. The topological polar surface area (TPSA) is 296 Å². The first-order chi connectivity index (χ1) is 38.4. The molecular formula is C58H95N3O20S. The van der Waals surface area contributed by atoms with Gasteiger partial charge in [-0.05, 0) is 106 Å². The van der Waals surface area contributed by atoms with E-state index < -0.39 is 129 Å². The molecule has 3 fully saturated rings. The zero-order valence-corrected chi connectivity index (χ0v) is 51.6. The van der Waals surface area contributed by atoms with Crippen molar-refractivity contribution in [3.05, 3.63) is 45.7 Å². The normalized spacial score (nSPS) is 35.6. The van der Waals surface area contributed by atoms with E-state index in [-0.39, 0.29) is 69.1 Å². The van der Waals surface area contributed by atoms with Crippen LogP contribution in [0.1, 0.15) is 118 Å². The Kier molecular flexibility index (Phi) is 25.1. The molecule has 2 aromatic rings. The van der Waals surface area contributed by atoms with Crippen molar-refractivity contribution < 1.29 is 90.0 Å². The van der Waals surface area contributed by atoms with Crippen LogP contribution in [0, 0.1) is 23.7 Å². The molecule has 5 rings (SSSR count). The number of fused-ring (bicyclic) bond motifs is 1. The number of benzene rings is 1. The number of likely N-dealkylation sites (N-methyl/N-ethyl adjacent to an activating group) is 1. The van der Waals surface area contributed by atoms with E-state index >= 15 is 0 Å². The fourth-order valence-electron chi connectivity index (χ4n) is 12.0. The number of rotatable bonds is 24. The van der Waals surface area contributed by atoms with Crippen LogP contribution in [0.25, 0.3) is 10.9 Å². The summed E-state index contributed by atoms with van der Waals surface area (Å²) >= 11 is 0. The summed E-state index contributed by atoms with van der Waals surface area (Å²) in [5.41, 5.74) is -4.08. The minimum atomic E-state index is -4.19. The predicted molar refractivity (Wildman–Crippen MR) is 303 cm³/mol. The summed E-state index contributed by atoms with van der Waals surface area (Å²) < 4.78 is 91.1. The highest BCUT2D eigenvalue weighted by Gasteiger charge is 2.55. The summed E-state index contributed by atoms with van der Waals surface area (Å²) in [6.07, 6.45) is -8.67. The average Bonchev–Trinajstić information content (AvgIpc) is 3.51. The molecule has 18 atom stereocenters. The molecule has 3 aliphatic heterocycles. The van der Waals surface area contributed by atoms with Gasteiger partial charge in [0.1, 0.15) is 35.3 Å². The number of carboxylic acid groups (broad SMARTS) is 1. The second-order valence-corrected chi connectivity index (χ2v) is 25.2. The molecule has 23 nitrogen and oxygen atoms in total. The average molecular weight is 1190 g/mol. The molecular weight excluding hydrogens is 1090 g/mol. The molecule has 1 aromatic heterocycles. The van der Waals surface area contributed by atoms with Crippen molar-refractivity contribution in [3.8, 4) is 0 Å². The Bertz CT molecular complexity index is 2600. The molecule has 468 valence electrons. The number of hydrogen-bond donors (Lipinski definition) is 5. The SMILES string of the molecule is CC[C@@H]1OC(=O)[C@H](C)[C@H](O[C@@H]2C[C@](C)(OC)[C@H](OS(=O)(=O)CCNCCOCCOCCc3ccc4c(c3)c(=O)c(C(=O)O)cn4CC)[C@H](C)O2)[C@@H](C)[C@H](O[C@H]2O[C@@H](C)C[C@@H](N(C)C)[C@H]2O)[C@](C)(OC)C[C@H](C)C(=O)[C@@H](C)[C@H](O)[C@]1(C)O. The Labute approximate surface area is 484 Å². The lowest BCUT2D eigenvalue weighted by Crippen LogP contribution is -2.62. The summed E-state index contributed by atoms with van der Waals surface area (Å²) in [7, 11) is 2.40. The van der Waals surface area contributed by atoms with Crippen molar-refractivity contribution in [1.29, 1.82) is 0 Å². The van der Waals surface area contributed by atoms with E-state index in [9.17, 15) is 48.0 Å². The number of pyridine rings is 1.